The average Bonchev–Trinajstić information content (AvgIpc) is 3.20. The second-order valence-electron chi connectivity index (χ2n) is 5.70. The Balaban J connectivity index is 1.48. The Kier molecular flexibility index (Phi) is 3.27. The van der Waals surface area contributed by atoms with Crippen LogP contribution in [0.4, 0.5) is 12.0 Å². The van der Waals surface area contributed by atoms with Gasteiger partial charge in [-0.15, -0.1) is 5.10 Å². The monoisotopic (exact) mass is 298 g/mol. The Bertz CT molecular complexity index is 786. The van der Waals surface area contributed by atoms with Crippen molar-refractivity contribution in [3.05, 3.63) is 29.6 Å². The van der Waals surface area contributed by atoms with Crippen molar-refractivity contribution < 1.29 is 4.42 Å². The first-order chi connectivity index (χ1) is 10.8. The Morgan fingerprint density at radius 1 is 1.27 bits per heavy atom. The molecule has 0 aliphatic carbocycles. The molecule has 114 valence electrons. The maximum absolute atomic E-state index is 5.64. The van der Waals surface area contributed by atoms with Gasteiger partial charge in [0, 0.05) is 0 Å². The topological polar surface area (TPSA) is 82.9 Å². The molecule has 4 rings (SSSR count). The second-order valence-corrected chi connectivity index (χ2v) is 5.70. The van der Waals surface area contributed by atoms with Crippen LogP contribution in [0.2, 0.25) is 0 Å². The van der Waals surface area contributed by atoms with Crippen LogP contribution in [0, 0.1) is 6.92 Å². The van der Waals surface area contributed by atoms with E-state index < -0.39 is 0 Å². The zero-order valence-corrected chi connectivity index (χ0v) is 12.5. The van der Waals surface area contributed by atoms with E-state index in [1.54, 1.807) is 0 Å². The number of hydrogen-bond acceptors (Lipinski definition) is 6. The van der Waals surface area contributed by atoms with Crippen LogP contribution in [0.1, 0.15) is 24.2 Å². The molecular weight excluding hydrogens is 280 g/mol. The zero-order valence-electron chi connectivity index (χ0n) is 12.5. The summed E-state index contributed by atoms with van der Waals surface area (Å²) in [6.07, 6.45) is 2.53. The van der Waals surface area contributed by atoms with E-state index in [0.717, 1.165) is 42.1 Å². The van der Waals surface area contributed by atoms with Crippen LogP contribution in [0.3, 0.4) is 0 Å². The number of hydrogen-bond donors (Lipinski definition) is 2. The lowest BCUT2D eigenvalue weighted by Crippen LogP contribution is -2.19. The van der Waals surface area contributed by atoms with Crippen LogP contribution >= 0.6 is 0 Å². The molecule has 0 bridgehead atoms. The van der Waals surface area contributed by atoms with Crippen molar-refractivity contribution in [1.82, 2.24) is 25.1 Å². The molecule has 1 fully saturated rings. The van der Waals surface area contributed by atoms with E-state index in [-0.39, 0.29) is 0 Å². The molecule has 7 nitrogen and oxygen atoms in total. The van der Waals surface area contributed by atoms with Gasteiger partial charge in [0.05, 0.1) is 6.54 Å². The third-order valence-electron chi connectivity index (χ3n) is 3.87. The lowest BCUT2D eigenvalue weighted by Gasteiger charge is -2.10. The third-order valence-corrected chi connectivity index (χ3v) is 3.87. The summed E-state index contributed by atoms with van der Waals surface area (Å²) in [6.45, 7) is 5.10. The van der Waals surface area contributed by atoms with Crippen LogP contribution in [0.25, 0.3) is 11.1 Å². The van der Waals surface area contributed by atoms with E-state index in [4.69, 9.17) is 4.42 Å². The number of aromatic nitrogens is 4. The van der Waals surface area contributed by atoms with Gasteiger partial charge < -0.3 is 4.42 Å². The van der Waals surface area contributed by atoms with Crippen LogP contribution in [-0.4, -0.2) is 38.2 Å². The van der Waals surface area contributed by atoms with Crippen LogP contribution in [0.5, 0.6) is 0 Å². The van der Waals surface area contributed by atoms with Gasteiger partial charge in [0.2, 0.25) is 5.95 Å². The highest BCUT2D eigenvalue weighted by atomic mass is 16.4. The first kappa shape index (κ1) is 13.3. The Labute approximate surface area is 127 Å². The molecule has 0 saturated carbocycles. The van der Waals surface area contributed by atoms with Crippen molar-refractivity contribution in [3.8, 4) is 0 Å². The minimum Gasteiger partial charge on any atom is -0.423 e. The molecule has 1 aromatic carbocycles. The zero-order chi connectivity index (χ0) is 14.9. The minimum absolute atomic E-state index is 0.410. The summed E-state index contributed by atoms with van der Waals surface area (Å²) in [5, 5.41) is 10.1. The predicted molar refractivity (Wildman–Crippen MR) is 82.9 cm³/mol. The maximum atomic E-state index is 5.64. The van der Waals surface area contributed by atoms with Crippen molar-refractivity contribution >= 4 is 23.1 Å². The van der Waals surface area contributed by atoms with E-state index in [0.29, 0.717) is 12.0 Å². The molecule has 22 heavy (non-hydrogen) atoms. The van der Waals surface area contributed by atoms with Gasteiger partial charge in [0.1, 0.15) is 11.3 Å². The van der Waals surface area contributed by atoms with Gasteiger partial charge in [-0.3, -0.25) is 15.3 Å². The molecule has 2 aromatic heterocycles. The van der Waals surface area contributed by atoms with Gasteiger partial charge >= 0.3 is 6.01 Å². The Morgan fingerprint density at radius 2 is 2.14 bits per heavy atom. The number of rotatable bonds is 4. The van der Waals surface area contributed by atoms with Crippen molar-refractivity contribution in [2.45, 2.75) is 26.3 Å². The maximum Gasteiger partial charge on any atom is 0.302 e. The SMILES string of the molecule is Cc1ccc2oc(Nc3n[nH]c(CN4CCCC4)n3)nc2c1. The highest BCUT2D eigenvalue weighted by Gasteiger charge is 2.15. The first-order valence-corrected chi connectivity index (χ1v) is 7.54. The lowest BCUT2D eigenvalue weighted by molar-refractivity contribution is 0.323. The van der Waals surface area contributed by atoms with Gasteiger partial charge in [0.15, 0.2) is 5.58 Å². The number of anilines is 2. The molecule has 2 N–H and O–H groups in total. The first-order valence-electron chi connectivity index (χ1n) is 7.54. The molecule has 3 aromatic rings. The highest BCUT2D eigenvalue weighted by molar-refractivity contribution is 5.75. The number of likely N-dealkylation sites (tertiary alicyclic amines) is 1. The summed E-state index contributed by atoms with van der Waals surface area (Å²) in [5.74, 6) is 1.34. The molecule has 1 aliphatic rings. The number of aryl methyl sites for hydroxylation is 1. The van der Waals surface area contributed by atoms with E-state index in [1.807, 2.05) is 25.1 Å². The number of oxazole rings is 1. The van der Waals surface area contributed by atoms with Crippen LogP contribution in [-0.2, 0) is 6.54 Å². The van der Waals surface area contributed by atoms with E-state index in [2.05, 4.69) is 30.4 Å². The summed E-state index contributed by atoms with van der Waals surface area (Å²) in [4.78, 5) is 11.2. The Hall–Kier alpha value is -2.41. The van der Waals surface area contributed by atoms with Gasteiger partial charge in [-0.25, -0.2) is 0 Å². The van der Waals surface area contributed by atoms with Gasteiger partial charge in [-0.2, -0.15) is 9.97 Å². The number of fused-ring (bicyclic) bond motifs is 1. The number of nitrogens with one attached hydrogen (secondary N) is 2. The summed E-state index contributed by atoms with van der Waals surface area (Å²) in [7, 11) is 0. The molecule has 0 unspecified atom stereocenters. The summed E-state index contributed by atoms with van der Waals surface area (Å²) in [5.41, 5.74) is 2.73. The van der Waals surface area contributed by atoms with Gasteiger partial charge in [-0.05, 0) is 50.6 Å². The fraction of sp³-hybridized carbons (Fsp3) is 0.400. The second kappa shape index (κ2) is 5.42. The normalized spacial score (nSPS) is 15.7. The smallest absolute Gasteiger partial charge is 0.302 e. The van der Waals surface area contributed by atoms with Gasteiger partial charge in [0.25, 0.3) is 0 Å². The number of benzene rings is 1. The summed E-state index contributed by atoms with van der Waals surface area (Å²) >= 11 is 0. The van der Waals surface area contributed by atoms with Crippen LogP contribution < -0.4 is 5.32 Å². The number of H-pyrrole nitrogens is 1. The number of aromatic amines is 1. The van der Waals surface area contributed by atoms with Crippen molar-refractivity contribution in [1.29, 1.82) is 0 Å². The largest absolute Gasteiger partial charge is 0.423 e. The Morgan fingerprint density at radius 3 is 3.00 bits per heavy atom. The molecule has 0 radical (unpaired) electrons. The fourth-order valence-corrected chi connectivity index (χ4v) is 2.76. The van der Waals surface area contributed by atoms with Crippen LogP contribution in [0.15, 0.2) is 22.6 Å². The third kappa shape index (κ3) is 2.67. The quantitative estimate of drug-likeness (QED) is 0.770. The molecule has 7 heteroatoms. The molecule has 0 amide bonds. The van der Waals surface area contributed by atoms with Crippen molar-refractivity contribution in [3.63, 3.8) is 0 Å². The summed E-state index contributed by atoms with van der Waals surface area (Å²) < 4.78 is 5.64. The minimum atomic E-state index is 0.410. The standard InChI is InChI=1S/C15H18N6O/c1-10-4-5-12-11(8-10)16-15(22-12)18-14-17-13(19-20-14)9-21-6-2-3-7-21/h4-5,8H,2-3,6-7,9H2,1H3,(H2,16,17,18,19,20). The van der Waals surface area contributed by atoms with Gasteiger partial charge in [-0.1, -0.05) is 6.07 Å². The molecule has 0 spiro atoms. The van der Waals surface area contributed by atoms with Crippen molar-refractivity contribution in [2.24, 2.45) is 0 Å². The van der Waals surface area contributed by atoms with E-state index in [9.17, 15) is 0 Å². The fourth-order valence-electron chi connectivity index (χ4n) is 2.76. The van der Waals surface area contributed by atoms with E-state index >= 15 is 0 Å². The van der Waals surface area contributed by atoms with E-state index in [1.165, 1.54) is 12.8 Å². The summed E-state index contributed by atoms with van der Waals surface area (Å²) in [6, 6.07) is 6.31. The lowest BCUT2D eigenvalue weighted by atomic mass is 10.2. The number of nitrogens with zero attached hydrogens (tertiary/aromatic N) is 4. The highest BCUT2D eigenvalue weighted by Crippen LogP contribution is 2.21. The molecule has 1 aliphatic heterocycles. The molecule has 0 atom stereocenters. The van der Waals surface area contributed by atoms with Crippen molar-refractivity contribution in [2.75, 3.05) is 18.4 Å². The molecular formula is C15H18N6O. The molecule has 1 saturated heterocycles. The molecule has 3 heterocycles. The average molecular weight is 298 g/mol. The predicted octanol–water partition coefficient (Wildman–Crippen LogP) is 2.59.